The number of unbranched alkanes of at least 4 members (excludes halogenated alkanes) is 1. The summed E-state index contributed by atoms with van der Waals surface area (Å²) in [7, 11) is 0. The largest absolute Gasteiger partial charge is 0.393 e. The summed E-state index contributed by atoms with van der Waals surface area (Å²) < 4.78 is 0. The molecule has 2 aliphatic carbocycles. The third-order valence-electron chi connectivity index (χ3n) is 5.27. The summed E-state index contributed by atoms with van der Waals surface area (Å²) in [5.41, 5.74) is 0. The molecule has 0 radical (unpaired) electrons. The molecule has 1 nitrogen and oxygen atoms in total. The molecule has 0 atom stereocenters. The van der Waals surface area contributed by atoms with Crippen LogP contribution < -0.4 is 0 Å². The molecule has 0 unspecified atom stereocenters. The Hall–Kier alpha value is -0.0400. The van der Waals surface area contributed by atoms with Crippen LogP contribution in [0.2, 0.25) is 0 Å². The molecule has 100 valence electrons. The lowest BCUT2D eigenvalue weighted by molar-refractivity contribution is 0.0763. The first-order valence-corrected chi connectivity index (χ1v) is 7.97. The Balaban J connectivity index is 1.68. The third kappa shape index (κ3) is 3.98. The fourth-order valence-electron chi connectivity index (χ4n) is 4.01. The molecule has 1 N–H and O–H groups in total. The van der Waals surface area contributed by atoms with Crippen LogP contribution in [0.5, 0.6) is 0 Å². The van der Waals surface area contributed by atoms with E-state index in [1.54, 1.807) is 0 Å². The molecule has 1 heteroatoms. The van der Waals surface area contributed by atoms with Gasteiger partial charge in [-0.3, -0.25) is 0 Å². The van der Waals surface area contributed by atoms with Crippen LogP contribution in [-0.4, -0.2) is 11.2 Å². The SMILES string of the molecule is CCCCC1CCC([C@H]2CC[C@H](O)CC2)CC1. The van der Waals surface area contributed by atoms with Gasteiger partial charge in [-0.15, -0.1) is 0 Å². The monoisotopic (exact) mass is 238 g/mol. The zero-order valence-corrected chi connectivity index (χ0v) is 11.5. The minimum atomic E-state index is 0.0205. The van der Waals surface area contributed by atoms with Crippen molar-refractivity contribution in [3.63, 3.8) is 0 Å². The number of hydrogen-bond donors (Lipinski definition) is 1. The van der Waals surface area contributed by atoms with Crippen molar-refractivity contribution in [3.05, 3.63) is 0 Å². The number of hydrogen-bond acceptors (Lipinski definition) is 1. The molecule has 17 heavy (non-hydrogen) atoms. The van der Waals surface area contributed by atoms with Crippen LogP contribution in [0.1, 0.15) is 77.6 Å². The highest BCUT2D eigenvalue weighted by Crippen LogP contribution is 2.40. The van der Waals surface area contributed by atoms with Gasteiger partial charge in [0.25, 0.3) is 0 Å². The minimum Gasteiger partial charge on any atom is -0.393 e. The van der Waals surface area contributed by atoms with E-state index in [0.717, 1.165) is 30.6 Å². The Bertz CT molecular complexity index is 198. The summed E-state index contributed by atoms with van der Waals surface area (Å²) >= 11 is 0. The van der Waals surface area contributed by atoms with E-state index in [1.165, 1.54) is 57.8 Å². The Morgan fingerprint density at radius 2 is 1.35 bits per heavy atom. The van der Waals surface area contributed by atoms with E-state index in [0.29, 0.717) is 0 Å². The smallest absolute Gasteiger partial charge is 0.0540 e. The van der Waals surface area contributed by atoms with Gasteiger partial charge in [-0.2, -0.15) is 0 Å². The maximum absolute atomic E-state index is 9.56. The van der Waals surface area contributed by atoms with Crippen molar-refractivity contribution in [1.82, 2.24) is 0 Å². The molecule has 0 aromatic rings. The fourth-order valence-corrected chi connectivity index (χ4v) is 4.01. The molecule has 2 aliphatic rings. The minimum absolute atomic E-state index is 0.0205. The second-order valence-corrected chi connectivity index (χ2v) is 6.49. The van der Waals surface area contributed by atoms with Crippen LogP contribution in [0, 0.1) is 17.8 Å². The van der Waals surface area contributed by atoms with E-state index in [-0.39, 0.29) is 6.10 Å². The molecule has 0 amide bonds. The highest BCUT2D eigenvalue weighted by atomic mass is 16.3. The summed E-state index contributed by atoms with van der Waals surface area (Å²) in [5, 5.41) is 9.56. The average Bonchev–Trinajstić information content (AvgIpc) is 2.38. The predicted octanol–water partition coefficient (Wildman–Crippen LogP) is 4.53. The summed E-state index contributed by atoms with van der Waals surface area (Å²) in [4.78, 5) is 0. The van der Waals surface area contributed by atoms with Crippen LogP contribution in [0.4, 0.5) is 0 Å². The van der Waals surface area contributed by atoms with E-state index in [4.69, 9.17) is 0 Å². The van der Waals surface area contributed by atoms with Crippen LogP contribution in [0.25, 0.3) is 0 Å². The standard InChI is InChI=1S/C16H30O/c1-2-3-4-13-5-7-14(8-6-13)15-9-11-16(17)12-10-15/h13-17H,2-12H2,1H3/t13?,14?,15-,16-. The van der Waals surface area contributed by atoms with E-state index >= 15 is 0 Å². The van der Waals surface area contributed by atoms with Crippen LogP contribution in [0.15, 0.2) is 0 Å². The summed E-state index contributed by atoms with van der Waals surface area (Å²) in [5.74, 6) is 2.99. The second kappa shape index (κ2) is 6.78. The van der Waals surface area contributed by atoms with E-state index in [9.17, 15) is 5.11 Å². The first-order valence-electron chi connectivity index (χ1n) is 7.97. The van der Waals surface area contributed by atoms with Crippen molar-refractivity contribution in [1.29, 1.82) is 0 Å². The number of aliphatic hydroxyl groups excluding tert-OH is 1. The molecule has 2 rings (SSSR count). The predicted molar refractivity (Wildman–Crippen MR) is 72.9 cm³/mol. The Morgan fingerprint density at radius 3 is 1.88 bits per heavy atom. The van der Waals surface area contributed by atoms with Crippen molar-refractivity contribution >= 4 is 0 Å². The van der Waals surface area contributed by atoms with Crippen molar-refractivity contribution in [2.24, 2.45) is 17.8 Å². The number of aliphatic hydroxyl groups is 1. The van der Waals surface area contributed by atoms with Crippen molar-refractivity contribution < 1.29 is 5.11 Å². The van der Waals surface area contributed by atoms with Gasteiger partial charge in [-0.25, -0.2) is 0 Å². The second-order valence-electron chi connectivity index (χ2n) is 6.49. The maximum Gasteiger partial charge on any atom is 0.0540 e. The Morgan fingerprint density at radius 1 is 0.824 bits per heavy atom. The molecular weight excluding hydrogens is 208 g/mol. The molecule has 0 heterocycles. The molecule has 2 fully saturated rings. The zero-order valence-electron chi connectivity index (χ0n) is 11.5. The van der Waals surface area contributed by atoms with Gasteiger partial charge in [0.1, 0.15) is 0 Å². The third-order valence-corrected chi connectivity index (χ3v) is 5.27. The lowest BCUT2D eigenvalue weighted by Gasteiger charge is -2.37. The topological polar surface area (TPSA) is 20.2 Å². The molecule has 0 aromatic heterocycles. The van der Waals surface area contributed by atoms with Crippen molar-refractivity contribution in [2.75, 3.05) is 0 Å². The zero-order chi connectivity index (χ0) is 12.1. The van der Waals surface area contributed by atoms with Gasteiger partial charge in [0.2, 0.25) is 0 Å². The average molecular weight is 238 g/mol. The normalized spacial score (nSPS) is 39.2. The van der Waals surface area contributed by atoms with Gasteiger partial charge in [-0.1, -0.05) is 39.0 Å². The van der Waals surface area contributed by atoms with E-state index in [2.05, 4.69) is 6.92 Å². The van der Waals surface area contributed by atoms with Gasteiger partial charge in [0.05, 0.1) is 6.10 Å². The summed E-state index contributed by atoms with van der Waals surface area (Å²) in [6.45, 7) is 2.30. The fraction of sp³-hybridized carbons (Fsp3) is 1.00. The van der Waals surface area contributed by atoms with Crippen molar-refractivity contribution in [2.45, 2.75) is 83.7 Å². The van der Waals surface area contributed by atoms with Gasteiger partial charge >= 0.3 is 0 Å². The van der Waals surface area contributed by atoms with E-state index in [1.807, 2.05) is 0 Å². The summed E-state index contributed by atoms with van der Waals surface area (Å²) in [6, 6.07) is 0. The van der Waals surface area contributed by atoms with Gasteiger partial charge in [0.15, 0.2) is 0 Å². The maximum atomic E-state index is 9.56. The van der Waals surface area contributed by atoms with Gasteiger partial charge in [0, 0.05) is 0 Å². The number of rotatable bonds is 4. The summed E-state index contributed by atoms with van der Waals surface area (Å²) in [6.07, 6.45) is 15.0. The molecule has 2 saturated carbocycles. The first kappa shape index (κ1) is 13.4. The quantitative estimate of drug-likeness (QED) is 0.762. The van der Waals surface area contributed by atoms with Crippen LogP contribution in [-0.2, 0) is 0 Å². The highest BCUT2D eigenvalue weighted by Gasteiger charge is 2.29. The first-order chi connectivity index (χ1) is 8.29. The Kier molecular flexibility index (Phi) is 5.34. The molecule has 0 aromatic carbocycles. The lowest BCUT2D eigenvalue weighted by atomic mass is 9.70. The van der Waals surface area contributed by atoms with Crippen LogP contribution in [0.3, 0.4) is 0 Å². The van der Waals surface area contributed by atoms with Gasteiger partial charge in [-0.05, 0) is 56.3 Å². The molecule has 0 spiro atoms. The molecular formula is C16H30O. The lowest BCUT2D eigenvalue weighted by Crippen LogP contribution is -2.27. The van der Waals surface area contributed by atoms with Crippen LogP contribution >= 0.6 is 0 Å². The van der Waals surface area contributed by atoms with Gasteiger partial charge < -0.3 is 5.11 Å². The molecule has 0 aliphatic heterocycles. The molecule has 0 bridgehead atoms. The highest BCUT2D eigenvalue weighted by molar-refractivity contribution is 4.81. The van der Waals surface area contributed by atoms with Crippen molar-refractivity contribution in [3.8, 4) is 0 Å². The molecule has 0 saturated heterocycles. The Labute approximate surface area is 107 Å². The van der Waals surface area contributed by atoms with E-state index < -0.39 is 0 Å².